The Labute approximate surface area is 121 Å². The summed E-state index contributed by atoms with van der Waals surface area (Å²) in [7, 11) is 0. The van der Waals surface area contributed by atoms with Crippen molar-refractivity contribution >= 4 is 11.6 Å². The van der Waals surface area contributed by atoms with Gasteiger partial charge in [0.1, 0.15) is 11.9 Å². The van der Waals surface area contributed by atoms with E-state index in [9.17, 15) is 0 Å². The van der Waals surface area contributed by atoms with Gasteiger partial charge in [-0.05, 0) is 55.9 Å². The number of hydrogen-bond acceptors (Lipinski definition) is 2. The maximum Gasteiger partial charge on any atom is 0.120 e. The van der Waals surface area contributed by atoms with Crippen LogP contribution in [0.5, 0.6) is 5.75 Å². The average molecular weight is 282 g/mol. The van der Waals surface area contributed by atoms with Crippen LogP contribution in [-0.4, -0.2) is 12.1 Å². The van der Waals surface area contributed by atoms with E-state index in [4.69, 9.17) is 22.1 Å². The van der Waals surface area contributed by atoms with E-state index >= 15 is 0 Å². The Morgan fingerprint density at radius 3 is 2.84 bits per heavy atom. The highest BCUT2D eigenvalue weighted by molar-refractivity contribution is 6.31. The van der Waals surface area contributed by atoms with Crippen molar-refractivity contribution in [3.05, 3.63) is 28.8 Å². The standard InChI is InChI=1S/C16H24ClNO/c1-3-4-12-5-8-15(18)16(10-12)19-13-6-7-14(17)11(2)9-13/h6-7,9,12,15-16H,3-5,8,10,18H2,1-2H3. The first-order valence-electron chi connectivity index (χ1n) is 7.28. The molecule has 106 valence electrons. The summed E-state index contributed by atoms with van der Waals surface area (Å²) in [5, 5.41) is 0.782. The molecule has 2 N–H and O–H groups in total. The van der Waals surface area contributed by atoms with Crippen LogP contribution >= 0.6 is 11.6 Å². The molecule has 3 atom stereocenters. The summed E-state index contributed by atoms with van der Waals surface area (Å²) >= 11 is 6.04. The van der Waals surface area contributed by atoms with Gasteiger partial charge in [0.05, 0.1) is 0 Å². The first-order chi connectivity index (χ1) is 9.10. The minimum absolute atomic E-state index is 0.144. The van der Waals surface area contributed by atoms with Gasteiger partial charge in [0.15, 0.2) is 0 Å². The topological polar surface area (TPSA) is 35.2 Å². The van der Waals surface area contributed by atoms with Crippen molar-refractivity contribution in [1.82, 2.24) is 0 Å². The molecule has 0 spiro atoms. The fraction of sp³-hybridized carbons (Fsp3) is 0.625. The molecule has 0 saturated heterocycles. The van der Waals surface area contributed by atoms with Crippen molar-refractivity contribution in [2.45, 2.75) is 58.1 Å². The monoisotopic (exact) mass is 281 g/mol. The second kappa shape index (κ2) is 6.62. The van der Waals surface area contributed by atoms with E-state index < -0.39 is 0 Å². The Morgan fingerprint density at radius 2 is 2.16 bits per heavy atom. The van der Waals surface area contributed by atoms with Gasteiger partial charge in [0, 0.05) is 11.1 Å². The molecule has 2 nitrogen and oxygen atoms in total. The van der Waals surface area contributed by atoms with Gasteiger partial charge < -0.3 is 10.5 Å². The number of nitrogens with two attached hydrogens (primary N) is 1. The third kappa shape index (κ3) is 3.87. The van der Waals surface area contributed by atoms with Crippen LogP contribution in [0.1, 0.15) is 44.6 Å². The second-order valence-electron chi connectivity index (χ2n) is 5.70. The van der Waals surface area contributed by atoms with Crippen LogP contribution in [0.2, 0.25) is 5.02 Å². The van der Waals surface area contributed by atoms with Gasteiger partial charge in [-0.2, -0.15) is 0 Å². The molecule has 1 aliphatic rings. The molecular weight excluding hydrogens is 258 g/mol. The summed E-state index contributed by atoms with van der Waals surface area (Å²) < 4.78 is 6.10. The lowest BCUT2D eigenvalue weighted by molar-refractivity contribution is 0.0992. The molecule has 1 aliphatic carbocycles. The summed E-state index contributed by atoms with van der Waals surface area (Å²) in [4.78, 5) is 0. The molecule has 1 saturated carbocycles. The van der Waals surface area contributed by atoms with E-state index in [1.807, 2.05) is 25.1 Å². The van der Waals surface area contributed by atoms with Crippen LogP contribution in [0.15, 0.2) is 18.2 Å². The largest absolute Gasteiger partial charge is 0.489 e. The van der Waals surface area contributed by atoms with Crippen LogP contribution < -0.4 is 10.5 Å². The predicted octanol–water partition coefficient (Wildman–Crippen LogP) is 4.32. The van der Waals surface area contributed by atoms with Gasteiger partial charge >= 0.3 is 0 Å². The number of halogens is 1. The Kier molecular flexibility index (Phi) is 5.12. The van der Waals surface area contributed by atoms with Gasteiger partial charge in [0.2, 0.25) is 0 Å². The van der Waals surface area contributed by atoms with E-state index in [0.717, 1.165) is 35.1 Å². The summed E-state index contributed by atoms with van der Waals surface area (Å²) in [5.41, 5.74) is 7.25. The van der Waals surface area contributed by atoms with Crippen molar-refractivity contribution in [3.63, 3.8) is 0 Å². The Hall–Kier alpha value is -0.730. The molecule has 3 heteroatoms. The molecule has 19 heavy (non-hydrogen) atoms. The zero-order valence-electron chi connectivity index (χ0n) is 11.9. The normalized spacial score (nSPS) is 27.3. The molecule has 0 aliphatic heterocycles. The number of rotatable bonds is 4. The minimum Gasteiger partial charge on any atom is -0.489 e. The van der Waals surface area contributed by atoms with Crippen molar-refractivity contribution in [2.24, 2.45) is 11.7 Å². The molecule has 1 aromatic rings. The van der Waals surface area contributed by atoms with Crippen molar-refractivity contribution in [2.75, 3.05) is 0 Å². The van der Waals surface area contributed by atoms with Gasteiger partial charge in [-0.15, -0.1) is 0 Å². The van der Waals surface area contributed by atoms with Crippen molar-refractivity contribution in [1.29, 1.82) is 0 Å². The fourth-order valence-corrected chi connectivity index (χ4v) is 3.02. The third-order valence-corrected chi connectivity index (χ3v) is 4.49. The highest BCUT2D eigenvalue weighted by Gasteiger charge is 2.29. The number of ether oxygens (including phenoxy) is 1. The smallest absolute Gasteiger partial charge is 0.120 e. The summed E-state index contributed by atoms with van der Waals surface area (Å²) in [6, 6.07) is 5.98. The lowest BCUT2D eigenvalue weighted by Gasteiger charge is -2.34. The molecule has 0 amide bonds. The molecule has 1 aromatic carbocycles. The fourth-order valence-electron chi connectivity index (χ4n) is 2.91. The molecule has 2 rings (SSSR count). The highest BCUT2D eigenvalue weighted by atomic mass is 35.5. The average Bonchev–Trinajstić information content (AvgIpc) is 2.38. The number of benzene rings is 1. The Bertz CT molecular complexity index is 421. The van der Waals surface area contributed by atoms with Crippen molar-refractivity contribution < 1.29 is 4.74 Å². The number of aryl methyl sites for hydroxylation is 1. The predicted molar refractivity (Wildman–Crippen MR) is 80.8 cm³/mol. The molecule has 0 radical (unpaired) electrons. The maximum absolute atomic E-state index is 6.20. The van der Waals surface area contributed by atoms with Gasteiger partial charge in [0.25, 0.3) is 0 Å². The van der Waals surface area contributed by atoms with Crippen LogP contribution in [0.4, 0.5) is 0 Å². The molecule has 1 fully saturated rings. The minimum atomic E-state index is 0.144. The molecule has 3 unspecified atom stereocenters. The van der Waals surface area contributed by atoms with E-state index in [2.05, 4.69) is 6.92 Å². The molecule has 0 aromatic heterocycles. The quantitative estimate of drug-likeness (QED) is 0.892. The van der Waals surface area contributed by atoms with E-state index in [0.29, 0.717) is 0 Å². The van der Waals surface area contributed by atoms with Crippen LogP contribution in [0, 0.1) is 12.8 Å². The van der Waals surface area contributed by atoms with Gasteiger partial charge in [-0.1, -0.05) is 31.4 Å². The van der Waals surface area contributed by atoms with Crippen LogP contribution in [-0.2, 0) is 0 Å². The first kappa shape index (κ1) is 14.7. The molecular formula is C16H24ClNO. The van der Waals surface area contributed by atoms with Crippen LogP contribution in [0.3, 0.4) is 0 Å². The van der Waals surface area contributed by atoms with Gasteiger partial charge in [-0.3, -0.25) is 0 Å². The Morgan fingerprint density at radius 1 is 1.37 bits per heavy atom. The summed E-state index contributed by atoms with van der Waals surface area (Å²) in [6.07, 6.45) is 6.07. The second-order valence-corrected chi connectivity index (χ2v) is 6.11. The summed E-state index contributed by atoms with van der Waals surface area (Å²) in [5.74, 6) is 1.66. The van der Waals surface area contributed by atoms with Gasteiger partial charge in [-0.25, -0.2) is 0 Å². The van der Waals surface area contributed by atoms with E-state index in [1.165, 1.54) is 19.3 Å². The van der Waals surface area contributed by atoms with E-state index in [1.54, 1.807) is 0 Å². The lowest BCUT2D eigenvalue weighted by Crippen LogP contribution is -2.43. The molecule has 0 heterocycles. The molecule has 0 bridgehead atoms. The third-order valence-electron chi connectivity index (χ3n) is 4.07. The SMILES string of the molecule is CCCC1CCC(N)C(Oc2ccc(Cl)c(C)c2)C1. The lowest BCUT2D eigenvalue weighted by atomic mass is 9.82. The van der Waals surface area contributed by atoms with E-state index in [-0.39, 0.29) is 12.1 Å². The zero-order chi connectivity index (χ0) is 13.8. The summed E-state index contributed by atoms with van der Waals surface area (Å²) in [6.45, 7) is 4.24. The first-order valence-corrected chi connectivity index (χ1v) is 7.66. The zero-order valence-corrected chi connectivity index (χ0v) is 12.6. The highest BCUT2D eigenvalue weighted by Crippen LogP contribution is 2.31. The maximum atomic E-state index is 6.20. The van der Waals surface area contributed by atoms with Crippen LogP contribution in [0.25, 0.3) is 0 Å². The van der Waals surface area contributed by atoms with Crippen molar-refractivity contribution in [3.8, 4) is 5.75 Å². The number of hydrogen-bond donors (Lipinski definition) is 1. The Balaban J connectivity index is 2.01.